The number of anilines is 1. The molecule has 9 nitrogen and oxygen atoms in total. The molecule has 3 N–H and O–H groups in total. The molecule has 1 saturated heterocycles. The fourth-order valence-corrected chi connectivity index (χ4v) is 5.67. The number of unbranched alkanes of at least 4 members (excludes halogenated alkanes) is 1. The number of hydrogen-bond donors (Lipinski definition) is 3. The van der Waals surface area contributed by atoms with E-state index in [9.17, 15) is 14.4 Å². The third-order valence-corrected chi connectivity index (χ3v) is 7.49. The number of nitrogens with one attached hydrogen (secondary N) is 3. The van der Waals surface area contributed by atoms with Crippen molar-refractivity contribution < 1.29 is 19.1 Å². The molecule has 1 aromatic heterocycles. The Bertz CT molecular complexity index is 1130. The number of benzene rings is 1. The first-order valence-electron chi connectivity index (χ1n) is 11.8. The highest BCUT2D eigenvalue weighted by atomic mass is 32.1. The van der Waals surface area contributed by atoms with Crippen LogP contribution in [0.4, 0.5) is 9.80 Å². The van der Waals surface area contributed by atoms with Crippen molar-refractivity contribution in [2.45, 2.75) is 51.5 Å². The number of hydrogen-bond acceptors (Lipinski definition) is 6. The van der Waals surface area contributed by atoms with Crippen molar-refractivity contribution in [2.24, 2.45) is 4.99 Å². The van der Waals surface area contributed by atoms with Crippen molar-refractivity contribution in [2.75, 3.05) is 32.1 Å². The lowest BCUT2D eigenvalue weighted by Crippen LogP contribution is -2.50. The summed E-state index contributed by atoms with van der Waals surface area (Å²) in [7, 11) is 1.58. The fraction of sp³-hybridized carbons (Fsp3) is 0.500. The van der Waals surface area contributed by atoms with E-state index in [1.807, 2.05) is 25.1 Å². The zero-order valence-electron chi connectivity index (χ0n) is 19.8. The molecule has 0 unspecified atom stereocenters. The van der Waals surface area contributed by atoms with Crippen LogP contribution >= 0.6 is 11.3 Å². The number of nitrogens with zero attached hydrogens (tertiary/aromatic N) is 2. The third kappa shape index (κ3) is 4.46. The zero-order chi connectivity index (χ0) is 24.3. The molecular weight excluding hydrogens is 454 g/mol. The Morgan fingerprint density at radius 1 is 1.26 bits per heavy atom. The second kappa shape index (κ2) is 10.0. The van der Waals surface area contributed by atoms with Crippen LogP contribution in [-0.4, -0.2) is 60.9 Å². The topological polar surface area (TPSA) is 112 Å². The van der Waals surface area contributed by atoms with E-state index in [-0.39, 0.29) is 17.8 Å². The van der Waals surface area contributed by atoms with Crippen LogP contribution in [0.5, 0.6) is 5.75 Å². The van der Waals surface area contributed by atoms with Crippen LogP contribution in [-0.2, 0) is 4.79 Å². The molecule has 3 heterocycles. The Balaban J connectivity index is 1.59. The van der Waals surface area contributed by atoms with Gasteiger partial charge in [0, 0.05) is 31.4 Å². The van der Waals surface area contributed by atoms with E-state index in [1.165, 1.54) is 11.3 Å². The summed E-state index contributed by atoms with van der Waals surface area (Å²) in [6.45, 7) is 5.24. The normalized spacial score (nSPS) is 17.0. The molecule has 2 aliphatic heterocycles. The first-order valence-corrected chi connectivity index (χ1v) is 12.6. The Morgan fingerprint density at radius 2 is 2.03 bits per heavy atom. The minimum absolute atomic E-state index is 0.0602. The van der Waals surface area contributed by atoms with Gasteiger partial charge >= 0.3 is 6.03 Å². The third-order valence-electron chi connectivity index (χ3n) is 6.35. The van der Waals surface area contributed by atoms with Crippen molar-refractivity contribution in [3.8, 4) is 5.75 Å². The van der Waals surface area contributed by atoms with Crippen molar-refractivity contribution in [1.29, 1.82) is 0 Å². The number of urea groups is 1. The molecule has 1 spiro atoms. The Kier molecular flexibility index (Phi) is 7.06. The highest BCUT2D eigenvalue weighted by Gasteiger charge is 2.46. The summed E-state index contributed by atoms with van der Waals surface area (Å²) in [5.41, 5.74) is -0.328. The predicted octanol–water partition coefficient (Wildman–Crippen LogP) is 3.74. The van der Waals surface area contributed by atoms with E-state index < -0.39 is 5.54 Å². The number of rotatable bonds is 7. The number of carbonyl (C=O) groups excluding carboxylic acids is 3. The molecule has 0 bridgehead atoms. The molecular formula is C24H31N5O4S. The molecule has 2 aliphatic rings. The van der Waals surface area contributed by atoms with Crippen LogP contribution < -0.4 is 20.7 Å². The van der Waals surface area contributed by atoms with Crippen molar-refractivity contribution in [3.63, 3.8) is 0 Å². The van der Waals surface area contributed by atoms with Gasteiger partial charge in [0.1, 0.15) is 22.1 Å². The number of thiophene rings is 1. The Labute approximate surface area is 202 Å². The van der Waals surface area contributed by atoms with Crippen LogP contribution in [0.15, 0.2) is 23.2 Å². The van der Waals surface area contributed by atoms with Crippen molar-refractivity contribution in [1.82, 2.24) is 15.5 Å². The van der Waals surface area contributed by atoms with E-state index in [1.54, 1.807) is 12.0 Å². The average Bonchev–Trinajstić information content (AvgIpc) is 3.34. The number of aliphatic imine (C=N–C) groups is 1. The van der Waals surface area contributed by atoms with Crippen LogP contribution in [0.25, 0.3) is 10.1 Å². The summed E-state index contributed by atoms with van der Waals surface area (Å²) in [5.74, 6) is 1.18. The second-order valence-corrected chi connectivity index (χ2v) is 9.59. The van der Waals surface area contributed by atoms with Crippen LogP contribution in [0.1, 0.15) is 56.3 Å². The molecule has 34 heavy (non-hydrogen) atoms. The number of amides is 4. The van der Waals surface area contributed by atoms with Crippen LogP contribution in [0.3, 0.4) is 0 Å². The van der Waals surface area contributed by atoms with E-state index in [0.29, 0.717) is 48.8 Å². The van der Waals surface area contributed by atoms with Crippen molar-refractivity contribution >= 4 is 50.1 Å². The van der Waals surface area contributed by atoms with Gasteiger partial charge in [-0.1, -0.05) is 25.5 Å². The maximum atomic E-state index is 13.7. The van der Waals surface area contributed by atoms with E-state index in [2.05, 4.69) is 22.9 Å². The van der Waals surface area contributed by atoms with Gasteiger partial charge in [-0.05, 0) is 32.3 Å². The van der Waals surface area contributed by atoms with E-state index in [4.69, 9.17) is 9.73 Å². The number of likely N-dealkylation sites (tertiary alicyclic amines) is 1. The Hall–Kier alpha value is -3.14. The smallest absolute Gasteiger partial charge is 0.319 e. The summed E-state index contributed by atoms with van der Waals surface area (Å²) in [6, 6.07) is 5.17. The van der Waals surface area contributed by atoms with Crippen molar-refractivity contribution in [3.05, 3.63) is 23.8 Å². The molecule has 10 heteroatoms. The van der Waals surface area contributed by atoms with Gasteiger partial charge in [-0.2, -0.15) is 0 Å². The zero-order valence-corrected chi connectivity index (χ0v) is 20.6. The van der Waals surface area contributed by atoms with Crippen LogP contribution in [0, 0.1) is 0 Å². The van der Waals surface area contributed by atoms with Gasteiger partial charge < -0.3 is 20.3 Å². The van der Waals surface area contributed by atoms with Gasteiger partial charge in [0.25, 0.3) is 11.8 Å². The summed E-state index contributed by atoms with van der Waals surface area (Å²) >= 11 is 1.32. The number of ether oxygens (including phenoxy) is 1. The van der Waals surface area contributed by atoms with Gasteiger partial charge in [0.05, 0.1) is 17.4 Å². The summed E-state index contributed by atoms with van der Waals surface area (Å²) in [6.07, 6.45) is 3.74. The van der Waals surface area contributed by atoms with Gasteiger partial charge in [-0.25, -0.2) is 4.79 Å². The number of methoxy groups -OCH3 is 1. The lowest BCUT2D eigenvalue weighted by Gasteiger charge is -2.35. The molecule has 1 aromatic carbocycles. The molecule has 0 saturated carbocycles. The monoisotopic (exact) mass is 485 g/mol. The number of carbonyl (C=O) groups is 3. The molecule has 2 aromatic rings. The minimum atomic E-state index is -0.776. The SMILES string of the molecule is CCCCC1=NC2(CCN(C(=O)c3c(NC(=O)NCC)sc4c(OC)cccc34)CC2)C(=O)N1. The molecule has 0 radical (unpaired) electrons. The lowest BCUT2D eigenvalue weighted by atomic mass is 9.87. The summed E-state index contributed by atoms with van der Waals surface area (Å²) in [5, 5.41) is 9.70. The second-order valence-electron chi connectivity index (χ2n) is 8.57. The first kappa shape index (κ1) is 24.0. The first-order chi connectivity index (χ1) is 16.4. The molecule has 1 fully saturated rings. The van der Waals surface area contributed by atoms with Gasteiger partial charge in [0.15, 0.2) is 0 Å². The average molecular weight is 486 g/mol. The predicted molar refractivity (Wildman–Crippen MR) is 134 cm³/mol. The molecule has 4 amide bonds. The largest absolute Gasteiger partial charge is 0.495 e. The van der Waals surface area contributed by atoms with Gasteiger partial charge in [-0.3, -0.25) is 19.9 Å². The van der Waals surface area contributed by atoms with Crippen LogP contribution in [0.2, 0.25) is 0 Å². The quantitative estimate of drug-likeness (QED) is 0.554. The molecule has 0 aliphatic carbocycles. The fourth-order valence-electron chi connectivity index (χ4n) is 4.49. The summed E-state index contributed by atoms with van der Waals surface area (Å²) < 4.78 is 6.28. The maximum Gasteiger partial charge on any atom is 0.319 e. The highest BCUT2D eigenvalue weighted by Crippen LogP contribution is 2.42. The summed E-state index contributed by atoms with van der Waals surface area (Å²) in [4.78, 5) is 45.2. The maximum absolute atomic E-state index is 13.7. The molecule has 0 atom stereocenters. The van der Waals surface area contributed by atoms with E-state index >= 15 is 0 Å². The molecule has 4 rings (SSSR count). The number of piperidine rings is 1. The minimum Gasteiger partial charge on any atom is -0.495 e. The number of amidine groups is 1. The Morgan fingerprint density at radius 3 is 2.71 bits per heavy atom. The molecule has 182 valence electrons. The lowest BCUT2D eigenvalue weighted by molar-refractivity contribution is -0.125. The highest BCUT2D eigenvalue weighted by molar-refractivity contribution is 7.23. The van der Waals surface area contributed by atoms with Gasteiger partial charge in [0.2, 0.25) is 0 Å². The standard InChI is InChI=1S/C24H31N5O4S/c1-4-6-10-17-26-22(31)24(28-17)11-13-29(14-12-24)21(30)18-15-8-7-9-16(33-3)19(15)34-20(18)27-23(32)25-5-2/h7-9H,4-6,10-14H2,1-3H3,(H2,25,27,32)(H,26,28,31). The van der Waals surface area contributed by atoms with E-state index in [0.717, 1.165) is 35.2 Å². The van der Waals surface area contributed by atoms with Gasteiger partial charge in [-0.15, -0.1) is 11.3 Å². The number of fused-ring (bicyclic) bond motifs is 1.